The van der Waals surface area contributed by atoms with Crippen LogP contribution in [-0.2, 0) is 6.54 Å². The zero-order valence-corrected chi connectivity index (χ0v) is 8.73. The Hall–Kier alpha value is -1.39. The summed E-state index contributed by atoms with van der Waals surface area (Å²) in [6, 6.07) is 7.12. The number of aliphatic hydroxyl groups excluding tert-OH is 1. The number of hydrogen-bond donors (Lipinski definition) is 3. The zero-order valence-electron chi connectivity index (χ0n) is 8.73. The molecule has 1 atom stereocenters. The molecule has 1 amide bonds. The molecule has 0 aromatic heterocycles. The molecule has 0 saturated heterocycles. The Bertz CT molecular complexity index is 337. The van der Waals surface area contributed by atoms with Crippen LogP contribution in [0, 0.1) is 0 Å². The molecule has 4 N–H and O–H groups in total. The molecular weight excluding hydrogens is 192 g/mol. The van der Waals surface area contributed by atoms with Gasteiger partial charge in [0.05, 0.1) is 6.10 Å². The molecule has 1 aromatic rings. The minimum Gasteiger partial charge on any atom is -0.392 e. The number of hydrogen-bond acceptors (Lipinski definition) is 3. The summed E-state index contributed by atoms with van der Waals surface area (Å²) in [5.74, 6) is -0.189. The molecule has 0 saturated carbocycles. The van der Waals surface area contributed by atoms with Crippen molar-refractivity contribution in [3.63, 3.8) is 0 Å². The number of rotatable bonds is 4. The first-order valence-corrected chi connectivity index (χ1v) is 4.88. The molecule has 0 spiro atoms. The standard InChI is InChI=1S/C11H16N2O2/c1-8(14)7-13-11(15)10-4-2-3-9(5-10)6-12/h2-5,8,14H,6-7,12H2,1H3,(H,13,15)/t8-/m1/s1. The largest absolute Gasteiger partial charge is 0.392 e. The van der Waals surface area contributed by atoms with Crippen molar-refractivity contribution in [1.29, 1.82) is 0 Å². The van der Waals surface area contributed by atoms with Crippen molar-refractivity contribution in [2.75, 3.05) is 6.54 Å². The van der Waals surface area contributed by atoms with Gasteiger partial charge in [-0.05, 0) is 24.6 Å². The summed E-state index contributed by atoms with van der Waals surface area (Å²) in [4.78, 5) is 11.6. The van der Waals surface area contributed by atoms with Crippen molar-refractivity contribution < 1.29 is 9.90 Å². The van der Waals surface area contributed by atoms with Crippen molar-refractivity contribution in [3.05, 3.63) is 35.4 Å². The monoisotopic (exact) mass is 208 g/mol. The maximum Gasteiger partial charge on any atom is 0.251 e. The number of benzene rings is 1. The van der Waals surface area contributed by atoms with Gasteiger partial charge >= 0.3 is 0 Å². The summed E-state index contributed by atoms with van der Waals surface area (Å²) < 4.78 is 0. The van der Waals surface area contributed by atoms with Crippen molar-refractivity contribution in [2.24, 2.45) is 5.73 Å². The van der Waals surface area contributed by atoms with E-state index in [-0.39, 0.29) is 12.5 Å². The van der Waals surface area contributed by atoms with Crippen molar-refractivity contribution in [2.45, 2.75) is 19.6 Å². The van der Waals surface area contributed by atoms with Crippen LogP contribution in [0.3, 0.4) is 0 Å². The van der Waals surface area contributed by atoms with Gasteiger partial charge in [-0.3, -0.25) is 4.79 Å². The van der Waals surface area contributed by atoms with Gasteiger partial charge in [-0.1, -0.05) is 12.1 Å². The Morgan fingerprint density at radius 3 is 2.93 bits per heavy atom. The van der Waals surface area contributed by atoms with E-state index in [2.05, 4.69) is 5.32 Å². The lowest BCUT2D eigenvalue weighted by Crippen LogP contribution is -2.30. The average molecular weight is 208 g/mol. The highest BCUT2D eigenvalue weighted by Crippen LogP contribution is 2.04. The Morgan fingerprint density at radius 1 is 1.60 bits per heavy atom. The fourth-order valence-corrected chi connectivity index (χ4v) is 1.18. The highest BCUT2D eigenvalue weighted by molar-refractivity contribution is 5.94. The number of aliphatic hydroxyl groups is 1. The maximum absolute atomic E-state index is 11.6. The first-order valence-electron chi connectivity index (χ1n) is 4.88. The Kier molecular flexibility index (Phi) is 4.27. The van der Waals surface area contributed by atoms with Gasteiger partial charge in [-0.15, -0.1) is 0 Å². The Morgan fingerprint density at radius 2 is 2.33 bits per heavy atom. The van der Waals surface area contributed by atoms with Crippen LogP contribution in [0.1, 0.15) is 22.8 Å². The summed E-state index contributed by atoms with van der Waals surface area (Å²) in [5, 5.41) is 11.6. The van der Waals surface area contributed by atoms with Crippen molar-refractivity contribution in [3.8, 4) is 0 Å². The Labute approximate surface area is 89.1 Å². The normalized spacial score (nSPS) is 12.2. The van der Waals surface area contributed by atoms with Crippen LogP contribution >= 0.6 is 0 Å². The second-order valence-corrected chi connectivity index (χ2v) is 3.46. The third-order valence-electron chi connectivity index (χ3n) is 1.98. The van der Waals surface area contributed by atoms with E-state index in [1.54, 1.807) is 25.1 Å². The minimum absolute atomic E-state index is 0.189. The van der Waals surface area contributed by atoms with Crippen LogP contribution in [0.4, 0.5) is 0 Å². The summed E-state index contributed by atoms with van der Waals surface area (Å²) in [6.45, 7) is 2.29. The maximum atomic E-state index is 11.6. The first-order chi connectivity index (χ1) is 7.13. The van der Waals surface area contributed by atoms with Gasteiger partial charge in [0.2, 0.25) is 0 Å². The van der Waals surface area contributed by atoms with E-state index >= 15 is 0 Å². The van der Waals surface area contributed by atoms with Gasteiger partial charge in [0.25, 0.3) is 5.91 Å². The SMILES string of the molecule is C[C@@H](O)CNC(=O)c1cccc(CN)c1. The summed E-state index contributed by atoms with van der Waals surface area (Å²) in [7, 11) is 0. The fourth-order valence-electron chi connectivity index (χ4n) is 1.18. The lowest BCUT2D eigenvalue weighted by Gasteiger charge is -2.07. The van der Waals surface area contributed by atoms with E-state index in [0.717, 1.165) is 5.56 Å². The molecule has 0 aliphatic rings. The number of nitrogens with one attached hydrogen (secondary N) is 1. The number of amides is 1. The topological polar surface area (TPSA) is 75.3 Å². The van der Waals surface area contributed by atoms with E-state index in [1.807, 2.05) is 6.07 Å². The molecule has 0 unspecified atom stereocenters. The average Bonchev–Trinajstić information content (AvgIpc) is 2.26. The van der Waals surface area contributed by atoms with Gasteiger partial charge in [0, 0.05) is 18.7 Å². The van der Waals surface area contributed by atoms with E-state index < -0.39 is 6.10 Å². The molecule has 15 heavy (non-hydrogen) atoms. The highest BCUT2D eigenvalue weighted by Gasteiger charge is 2.06. The second-order valence-electron chi connectivity index (χ2n) is 3.46. The molecule has 4 nitrogen and oxygen atoms in total. The van der Waals surface area contributed by atoms with Crippen LogP contribution in [0.2, 0.25) is 0 Å². The van der Waals surface area contributed by atoms with Gasteiger partial charge in [-0.25, -0.2) is 0 Å². The van der Waals surface area contributed by atoms with Crippen LogP contribution in [0.5, 0.6) is 0 Å². The van der Waals surface area contributed by atoms with E-state index in [0.29, 0.717) is 12.1 Å². The van der Waals surface area contributed by atoms with Crippen LogP contribution in [0.15, 0.2) is 24.3 Å². The van der Waals surface area contributed by atoms with Gasteiger partial charge < -0.3 is 16.2 Å². The summed E-state index contributed by atoms with van der Waals surface area (Å²) in [5.41, 5.74) is 6.95. The molecule has 82 valence electrons. The number of carbonyl (C=O) groups is 1. The lowest BCUT2D eigenvalue weighted by atomic mass is 10.1. The predicted molar refractivity (Wildman–Crippen MR) is 58.3 cm³/mol. The number of nitrogens with two attached hydrogens (primary N) is 1. The molecule has 0 fully saturated rings. The molecule has 0 heterocycles. The van der Waals surface area contributed by atoms with E-state index in [9.17, 15) is 4.79 Å². The molecule has 0 aliphatic heterocycles. The zero-order chi connectivity index (χ0) is 11.3. The second kappa shape index (κ2) is 5.48. The van der Waals surface area contributed by atoms with E-state index in [4.69, 9.17) is 10.8 Å². The molecule has 4 heteroatoms. The van der Waals surface area contributed by atoms with Crippen molar-refractivity contribution in [1.82, 2.24) is 5.32 Å². The lowest BCUT2D eigenvalue weighted by molar-refractivity contribution is 0.0924. The quantitative estimate of drug-likeness (QED) is 0.664. The third-order valence-corrected chi connectivity index (χ3v) is 1.98. The molecular formula is C11H16N2O2. The van der Waals surface area contributed by atoms with Crippen LogP contribution in [0.25, 0.3) is 0 Å². The molecule has 1 rings (SSSR count). The summed E-state index contributed by atoms with van der Waals surface area (Å²) in [6.07, 6.45) is -0.536. The predicted octanol–water partition coefficient (Wildman–Crippen LogP) is 0.256. The molecule has 0 bridgehead atoms. The molecule has 1 aromatic carbocycles. The number of carbonyl (C=O) groups excluding carboxylic acids is 1. The molecule has 0 aliphatic carbocycles. The third kappa shape index (κ3) is 3.69. The van der Waals surface area contributed by atoms with Crippen LogP contribution in [-0.4, -0.2) is 23.7 Å². The smallest absolute Gasteiger partial charge is 0.251 e. The van der Waals surface area contributed by atoms with Crippen molar-refractivity contribution >= 4 is 5.91 Å². The van der Waals surface area contributed by atoms with Gasteiger partial charge in [0.15, 0.2) is 0 Å². The first kappa shape index (κ1) is 11.7. The van der Waals surface area contributed by atoms with Gasteiger partial charge in [0.1, 0.15) is 0 Å². The minimum atomic E-state index is -0.536. The van der Waals surface area contributed by atoms with Gasteiger partial charge in [-0.2, -0.15) is 0 Å². The molecule has 0 radical (unpaired) electrons. The Balaban J connectivity index is 2.65. The summed E-state index contributed by atoms with van der Waals surface area (Å²) >= 11 is 0. The highest BCUT2D eigenvalue weighted by atomic mass is 16.3. The fraction of sp³-hybridized carbons (Fsp3) is 0.364. The van der Waals surface area contributed by atoms with E-state index in [1.165, 1.54) is 0 Å². The van der Waals surface area contributed by atoms with Crippen LogP contribution < -0.4 is 11.1 Å².